The van der Waals surface area contributed by atoms with Gasteiger partial charge in [-0.2, -0.15) is 13.2 Å². The monoisotopic (exact) mass is 478 g/mol. The van der Waals surface area contributed by atoms with Crippen LogP contribution in [-0.2, 0) is 24.2 Å². The van der Waals surface area contributed by atoms with E-state index in [9.17, 15) is 13.2 Å². The number of nitrogens with zero attached hydrogens (tertiary/aromatic N) is 2. The second-order valence-electron chi connectivity index (χ2n) is 7.44. The first-order valence-corrected chi connectivity index (χ1v) is 10.8. The highest BCUT2D eigenvalue weighted by Gasteiger charge is 2.38. The number of carboxylic acids is 1. The summed E-state index contributed by atoms with van der Waals surface area (Å²) in [5.74, 6) is -0.986. The zero-order chi connectivity index (χ0) is 25.1. The molecule has 0 unspecified atom stereocenters. The van der Waals surface area contributed by atoms with Gasteiger partial charge >= 0.3 is 12.1 Å². The van der Waals surface area contributed by atoms with Crippen molar-refractivity contribution >= 4 is 5.97 Å². The topological polar surface area (TPSA) is 73.6 Å². The molecule has 0 saturated carbocycles. The van der Waals surface area contributed by atoms with Crippen LogP contribution < -0.4 is 9.47 Å². The number of imidazole rings is 1. The van der Waals surface area contributed by atoms with E-state index in [1.807, 2.05) is 36.7 Å². The average molecular weight is 479 g/mol. The highest BCUT2D eigenvalue weighted by atomic mass is 19.4. The molecule has 1 N–H and O–H groups in total. The van der Waals surface area contributed by atoms with E-state index in [-0.39, 0.29) is 0 Å². The number of hydrogen-bond donors (Lipinski definition) is 1. The van der Waals surface area contributed by atoms with Gasteiger partial charge in [0.15, 0.2) is 0 Å². The Morgan fingerprint density at radius 3 is 2.38 bits per heavy atom. The summed E-state index contributed by atoms with van der Waals surface area (Å²) in [5.41, 5.74) is 4.64. The summed E-state index contributed by atoms with van der Waals surface area (Å²) in [7, 11) is 3.42. The molecule has 0 fully saturated rings. The van der Waals surface area contributed by atoms with E-state index in [4.69, 9.17) is 24.4 Å². The van der Waals surface area contributed by atoms with Crippen LogP contribution >= 0.6 is 0 Å². The number of carbonyl (C=O) groups is 1. The van der Waals surface area contributed by atoms with Crippen molar-refractivity contribution in [1.82, 2.24) is 9.55 Å². The number of ether oxygens (including phenoxy) is 2. The van der Waals surface area contributed by atoms with Gasteiger partial charge in [0, 0.05) is 17.8 Å². The van der Waals surface area contributed by atoms with Crippen molar-refractivity contribution in [1.29, 1.82) is 0 Å². The predicted molar refractivity (Wildman–Crippen MR) is 123 cm³/mol. The fourth-order valence-electron chi connectivity index (χ4n) is 3.35. The maximum Gasteiger partial charge on any atom is 0.490 e. The first-order chi connectivity index (χ1) is 16.2. The number of alkyl halides is 3. The third-order valence-electron chi connectivity index (χ3n) is 5.09. The van der Waals surface area contributed by atoms with Gasteiger partial charge in [-0.15, -0.1) is 0 Å². The molecule has 0 saturated heterocycles. The fourth-order valence-corrected chi connectivity index (χ4v) is 3.35. The van der Waals surface area contributed by atoms with Crippen LogP contribution in [0.1, 0.15) is 31.0 Å². The molecule has 0 amide bonds. The minimum Gasteiger partial charge on any atom is -0.497 e. The van der Waals surface area contributed by atoms with Crippen molar-refractivity contribution in [2.45, 2.75) is 45.3 Å². The summed E-state index contributed by atoms with van der Waals surface area (Å²) in [6.45, 7) is 3.12. The number of benzene rings is 2. The summed E-state index contributed by atoms with van der Waals surface area (Å²) in [5, 5.41) is 7.12. The molecule has 6 nitrogen and oxygen atoms in total. The molecule has 0 aliphatic heterocycles. The van der Waals surface area contributed by atoms with Crippen molar-refractivity contribution < 1.29 is 32.5 Å². The van der Waals surface area contributed by atoms with E-state index >= 15 is 0 Å². The Morgan fingerprint density at radius 1 is 1.06 bits per heavy atom. The molecule has 1 aromatic heterocycles. The van der Waals surface area contributed by atoms with Gasteiger partial charge < -0.3 is 19.1 Å². The van der Waals surface area contributed by atoms with Crippen LogP contribution in [0.25, 0.3) is 11.3 Å². The van der Waals surface area contributed by atoms with E-state index in [0.29, 0.717) is 0 Å². The first kappa shape index (κ1) is 26.8. The van der Waals surface area contributed by atoms with Gasteiger partial charge in [-0.05, 0) is 49.1 Å². The van der Waals surface area contributed by atoms with Crippen molar-refractivity contribution in [3.05, 3.63) is 66.1 Å². The molecule has 0 atom stereocenters. The Morgan fingerprint density at radius 2 is 1.76 bits per heavy atom. The molecule has 1 heterocycles. The zero-order valence-electron chi connectivity index (χ0n) is 19.4. The average Bonchev–Trinajstić information content (AvgIpc) is 3.23. The van der Waals surface area contributed by atoms with E-state index < -0.39 is 12.1 Å². The molecule has 0 aliphatic carbocycles. The number of aryl methyl sites for hydroxylation is 2. The number of unbranched alkanes of at least 4 members (excludes halogenated alkanes) is 1. The van der Waals surface area contributed by atoms with Crippen LogP contribution in [0, 0.1) is 0 Å². The second kappa shape index (κ2) is 12.7. The van der Waals surface area contributed by atoms with Crippen LogP contribution in [0.5, 0.6) is 11.5 Å². The van der Waals surface area contributed by atoms with Gasteiger partial charge in [0.1, 0.15) is 11.5 Å². The van der Waals surface area contributed by atoms with E-state index in [1.54, 1.807) is 14.2 Å². The highest BCUT2D eigenvalue weighted by Crippen LogP contribution is 2.32. The third-order valence-corrected chi connectivity index (χ3v) is 5.09. The van der Waals surface area contributed by atoms with Crippen molar-refractivity contribution in [3.63, 3.8) is 0 Å². The number of rotatable bonds is 9. The molecular weight excluding hydrogens is 449 g/mol. The van der Waals surface area contributed by atoms with Crippen LogP contribution in [0.3, 0.4) is 0 Å². The SMILES string of the molecule is CCCCc1c(-c2ccccc2OC)ncn1CCc1cccc(OC)c1.O=C(O)C(F)(F)F. The summed E-state index contributed by atoms with van der Waals surface area (Å²) in [6.07, 6.45) is 1.15. The summed E-state index contributed by atoms with van der Waals surface area (Å²) in [6, 6.07) is 16.4. The number of aliphatic carboxylic acids is 1. The van der Waals surface area contributed by atoms with E-state index in [1.165, 1.54) is 11.3 Å². The molecule has 2 aromatic carbocycles. The lowest BCUT2D eigenvalue weighted by molar-refractivity contribution is -0.192. The lowest BCUT2D eigenvalue weighted by atomic mass is 10.1. The predicted octanol–water partition coefficient (Wildman–Crippen LogP) is 5.79. The molecule has 3 aromatic rings. The van der Waals surface area contributed by atoms with Gasteiger partial charge in [-0.25, -0.2) is 9.78 Å². The molecule has 3 rings (SSSR count). The Hall–Kier alpha value is -3.49. The number of aromatic nitrogens is 2. The quantitative estimate of drug-likeness (QED) is 0.422. The lowest BCUT2D eigenvalue weighted by Crippen LogP contribution is -2.21. The van der Waals surface area contributed by atoms with Crippen LogP contribution in [0.4, 0.5) is 13.2 Å². The fraction of sp³-hybridized carbons (Fsp3) is 0.360. The number of hydrogen-bond acceptors (Lipinski definition) is 4. The Kier molecular flexibility index (Phi) is 9.97. The van der Waals surface area contributed by atoms with E-state index in [0.717, 1.165) is 55.0 Å². The van der Waals surface area contributed by atoms with Crippen molar-refractivity contribution in [2.75, 3.05) is 14.2 Å². The highest BCUT2D eigenvalue weighted by molar-refractivity contribution is 5.73. The summed E-state index contributed by atoms with van der Waals surface area (Å²) in [4.78, 5) is 13.6. The van der Waals surface area contributed by atoms with Crippen LogP contribution in [0.15, 0.2) is 54.9 Å². The number of para-hydroxylation sites is 1. The van der Waals surface area contributed by atoms with E-state index in [2.05, 4.69) is 29.7 Å². The maximum absolute atomic E-state index is 10.6. The largest absolute Gasteiger partial charge is 0.497 e. The van der Waals surface area contributed by atoms with Gasteiger partial charge in [0.25, 0.3) is 0 Å². The minimum atomic E-state index is -5.08. The van der Waals surface area contributed by atoms with Gasteiger partial charge in [0.2, 0.25) is 0 Å². The normalized spacial score (nSPS) is 10.9. The number of carboxylic acid groups (broad SMARTS) is 1. The smallest absolute Gasteiger partial charge is 0.490 e. The molecule has 0 spiro atoms. The molecule has 34 heavy (non-hydrogen) atoms. The standard InChI is InChI=1S/C23H28N2O2.C2HF3O2/c1-4-5-12-21-23(20-11-6-7-13-22(20)27-3)24-17-25(21)15-14-18-9-8-10-19(16-18)26-2;3-2(4,5)1(6)7/h6-11,13,16-17H,4-5,12,14-15H2,1-3H3;(H,6,7). The maximum atomic E-state index is 10.6. The summed E-state index contributed by atoms with van der Waals surface area (Å²) < 4.78 is 44.9. The Labute approximate surface area is 197 Å². The molecular formula is C25H29F3N2O4. The Balaban J connectivity index is 0.000000509. The number of methoxy groups -OCH3 is 2. The van der Waals surface area contributed by atoms with Crippen molar-refractivity contribution in [3.8, 4) is 22.8 Å². The molecule has 184 valence electrons. The van der Waals surface area contributed by atoms with Gasteiger partial charge in [0.05, 0.1) is 26.2 Å². The summed E-state index contributed by atoms with van der Waals surface area (Å²) >= 11 is 0. The molecule has 9 heteroatoms. The second-order valence-corrected chi connectivity index (χ2v) is 7.44. The van der Waals surface area contributed by atoms with Gasteiger partial charge in [-0.3, -0.25) is 0 Å². The molecule has 0 aliphatic rings. The minimum absolute atomic E-state index is 0.869. The molecule has 0 radical (unpaired) electrons. The number of halogens is 3. The zero-order valence-corrected chi connectivity index (χ0v) is 19.4. The first-order valence-electron chi connectivity index (χ1n) is 10.8. The van der Waals surface area contributed by atoms with Gasteiger partial charge in [-0.1, -0.05) is 37.6 Å². The third kappa shape index (κ3) is 7.54. The van der Waals surface area contributed by atoms with Crippen LogP contribution in [-0.4, -0.2) is 41.0 Å². The Bertz CT molecular complexity index is 1060. The van der Waals surface area contributed by atoms with Crippen molar-refractivity contribution in [2.24, 2.45) is 0 Å². The molecule has 0 bridgehead atoms. The van der Waals surface area contributed by atoms with Crippen LogP contribution in [0.2, 0.25) is 0 Å². The lowest BCUT2D eigenvalue weighted by Gasteiger charge is -2.12.